The molecule has 0 spiro atoms. The summed E-state index contributed by atoms with van der Waals surface area (Å²) in [5.41, 5.74) is -2.07. The van der Waals surface area contributed by atoms with Crippen molar-refractivity contribution >= 4 is 22.1 Å². The molecule has 0 aromatic heterocycles. The van der Waals surface area contributed by atoms with Gasteiger partial charge in [0.1, 0.15) is 0 Å². The lowest BCUT2D eigenvalue weighted by atomic mass is 9.68. The minimum Gasteiger partial charge on any atom is -0.481 e. The molecule has 0 aliphatic carbocycles. The van der Waals surface area contributed by atoms with Crippen molar-refractivity contribution < 1.29 is 32.8 Å². The van der Waals surface area contributed by atoms with Crippen molar-refractivity contribution in [2.24, 2.45) is 5.41 Å². The maximum absolute atomic E-state index is 11.9. The van der Waals surface area contributed by atoms with E-state index in [1.165, 1.54) is 13.8 Å². The minimum absolute atomic E-state index is 0. The van der Waals surface area contributed by atoms with Crippen LogP contribution in [-0.2, 0) is 19.7 Å². The van der Waals surface area contributed by atoms with Gasteiger partial charge in [-0.15, -0.1) is 0 Å². The number of rotatable bonds is 11. The van der Waals surface area contributed by atoms with Crippen LogP contribution in [0.5, 0.6) is 0 Å². The standard InChI is InChI=1S/C14H26O7S.H3N/c1-4-7-8-9-10-14(12(17)18,22(19,20)21)13(5-2,6-3)11(15)16;/h4-10H2,1-3H3,(H,15,16)(H,17,18)(H,19,20,21);1H3. The van der Waals surface area contributed by atoms with Crippen LogP contribution in [0.4, 0.5) is 0 Å². The zero-order valence-corrected chi connectivity index (χ0v) is 14.9. The van der Waals surface area contributed by atoms with Crippen LogP contribution in [0.15, 0.2) is 0 Å². The highest BCUT2D eigenvalue weighted by Gasteiger charge is 2.67. The third-order valence-electron chi connectivity index (χ3n) is 4.56. The van der Waals surface area contributed by atoms with Crippen LogP contribution in [0.25, 0.3) is 0 Å². The molecular formula is C14H29NO7S. The van der Waals surface area contributed by atoms with Crippen LogP contribution in [-0.4, -0.2) is 39.9 Å². The molecular weight excluding hydrogens is 326 g/mol. The number of aliphatic carboxylic acids is 2. The molecule has 0 saturated heterocycles. The number of unbranched alkanes of at least 4 members (excludes halogenated alkanes) is 3. The Morgan fingerprint density at radius 1 is 0.913 bits per heavy atom. The van der Waals surface area contributed by atoms with Gasteiger partial charge >= 0.3 is 11.9 Å². The summed E-state index contributed by atoms with van der Waals surface area (Å²) in [4.78, 5) is 23.5. The monoisotopic (exact) mass is 355 g/mol. The van der Waals surface area contributed by atoms with Gasteiger partial charge in [0.15, 0.2) is 0 Å². The summed E-state index contributed by atoms with van der Waals surface area (Å²) in [6, 6.07) is 0. The molecule has 0 rings (SSSR count). The van der Waals surface area contributed by atoms with Crippen LogP contribution >= 0.6 is 0 Å². The van der Waals surface area contributed by atoms with Crippen molar-refractivity contribution in [2.75, 3.05) is 0 Å². The molecule has 138 valence electrons. The van der Waals surface area contributed by atoms with Gasteiger partial charge in [-0.1, -0.05) is 46.5 Å². The second-order valence-electron chi connectivity index (χ2n) is 5.51. The van der Waals surface area contributed by atoms with Crippen molar-refractivity contribution in [3.63, 3.8) is 0 Å². The molecule has 0 bridgehead atoms. The van der Waals surface area contributed by atoms with Gasteiger partial charge in [0.25, 0.3) is 10.1 Å². The number of carboxylic acids is 2. The first-order valence-electron chi connectivity index (χ1n) is 7.51. The Bertz CT molecular complexity index is 499. The van der Waals surface area contributed by atoms with Gasteiger partial charge in [-0.2, -0.15) is 8.42 Å². The summed E-state index contributed by atoms with van der Waals surface area (Å²) < 4.78 is 30.8. The van der Waals surface area contributed by atoms with E-state index in [1.54, 1.807) is 0 Å². The summed E-state index contributed by atoms with van der Waals surface area (Å²) in [6.07, 6.45) is 1.59. The molecule has 0 saturated carbocycles. The van der Waals surface area contributed by atoms with Crippen molar-refractivity contribution in [2.45, 2.75) is 70.5 Å². The molecule has 23 heavy (non-hydrogen) atoms. The Balaban J connectivity index is 0. The second kappa shape index (κ2) is 9.19. The van der Waals surface area contributed by atoms with E-state index in [1.807, 2.05) is 6.92 Å². The molecule has 6 N–H and O–H groups in total. The van der Waals surface area contributed by atoms with Crippen molar-refractivity contribution in [1.82, 2.24) is 6.15 Å². The van der Waals surface area contributed by atoms with E-state index in [0.717, 1.165) is 12.8 Å². The molecule has 0 heterocycles. The van der Waals surface area contributed by atoms with Crippen LogP contribution in [0.1, 0.15) is 65.7 Å². The van der Waals surface area contributed by atoms with Crippen molar-refractivity contribution in [3.8, 4) is 0 Å². The van der Waals surface area contributed by atoms with Gasteiger partial charge in [0, 0.05) is 0 Å². The van der Waals surface area contributed by atoms with Gasteiger partial charge in [-0.3, -0.25) is 14.1 Å². The smallest absolute Gasteiger partial charge is 0.328 e. The van der Waals surface area contributed by atoms with Crippen LogP contribution in [0, 0.1) is 5.41 Å². The summed E-state index contributed by atoms with van der Waals surface area (Å²) in [6.45, 7) is 4.78. The van der Waals surface area contributed by atoms with Crippen molar-refractivity contribution in [3.05, 3.63) is 0 Å². The fourth-order valence-corrected chi connectivity index (χ4v) is 4.63. The average molecular weight is 355 g/mol. The average Bonchev–Trinajstić information content (AvgIpc) is 2.40. The third kappa shape index (κ3) is 4.21. The van der Waals surface area contributed by atoms with Gasteiger partial charge in [-0.25, -0.2) is 0 Å². The molecule has 0 aliphatic rings. The lowest BCUT2D eigenvalue weighted by molar-refractivity contribution is -0.161. The molecule has 9 heteroatoms. The van der Waals surface area contributed by atoms with E-state index in [9.17, 15) is 32.8 Å². The SMILES string of the molecule is CCCCCCC(C(=O)O)(C(CC)(CC)C(=O)O)S(=O)(=O)O.N. The molecule has 1 unspecified atom stereocenters. The van der Waals surface area contributed by atoms with E-state index in [2.05, 4.69) is 0 Å². The highest BCUT2D eigenvalue weighted by Crippen LogP contribution is 2.47. The number of hydrogen-bond donors (Lipinski definition) is 4. The topological polar surface area (TPSA) is 164 Å². The van der Waals surface area contributed by atoms with E-state index in [4.69, 9.17) is 0 Å². The lowest BCUT2D eigenvalue weighted by Gasteiger charge is -2.41. The predicted octanol–water partition coefficient (Wildman–Crippen LogP) is 2.72. The zero-order chi connectivity index (χ0) is 17.6. The Morgan fingerprint density at radius 3 is 1.65 bits per heavy atom. The number of carboxylic acid groups (broad SMARTS) is 2. The molecule has 0 aromatic rings. The second-order valence-corrected chi connectivity index (χ2v) is 7.16. The van der Waals surface area contributed by atoms with E-state index in [0.29, 0.717) is 6.42 Å². The first kappa shape index (κ1) is 24.1. The first-order chi connectivity index (χ1) is 10.1. The fourth-order valence-electron chi connectivity index (χ4n) is 3.13. The van der Waals surface area contributed by atoms with E-state index in [-0.39, 0.29) is 25.4 Å². The summed E-state index contributed by atoms with van der Waals surface area (Å²) in [5.74, 6) is -3.33. The van der Waals surface area contributed by atoms with Crippen molar-refractivity contribution in [1.29, 1.82) is 0 Å². The summed E-state index contributed by atoms with van der Waals surface area (Å²) in [5, 5.41) is 19.1. The van der Waals surface area contributed by atoms with Gasteiger partial charge in [0.2, 0.25) is 4.75 Å². The Morgan fingerprint density at radius 2 is 1.39 bits per heavy atom. The Hall–Kier alpha value is -1.19. The normalized spacial score (nSPS) is 14.6. The van der Waals surface area contributed by atoms with Crippen LogP contribution in [0.3, 0.4) is 0 Å². The zero-order valence-electron chi connectivity index (χ0n) is 14.0. The summed E-state index contributed by atoms with van der Waals surface area (Å²) in [7, 11) is -5.12. The lowest BCUT2D eigenvalue weighted by Crippen LogP contribution is -2.62. The number of hydrogen-bond acceptors (Lipinski definition) is 5. The quantitative estimate of drug-likeness (QED) is 0.324. The molecule has 0 aromatic carbocycles. The molecule has 0 aliphatic heterocycles. The first-order valence-corrected chi connectivity index (χ1v) is 8.95. The molecule has 0 fully saturated rings. The fraction of sp³-hybridized carbons (Fsp3) is 0.857. The van der Waals surface area contributed by atoms with Crippen LogP contribution in [0.2, 0.25) is 0 Å². The maximum Gasteiger partial charge on any atom is 0.328 e. The predicted molar refractivity (Wildman–Crippen MR) is 86.3 cm³/mol. The number of carbonyl (C=O) groups is 2. The van der Waals surface area contributed by atoms with Crippen LogP contribution < -0.4 is 6.15 Å². The van der Waals surface area contributed by atoms with Gasteiger partial charge in [0.05, 0.1) is 5.41 Å². The Labute approximate surface area is 137 Å². The molecule has 1 atom stereocenters. The minimum atomic E-state index is -5.12. The van der Waals surface area contributed by atoms with E-state index < -0.39 is 38.6 Å². The maximum atomic E-state index is 11.9. The third-order valence-corrected chi connectivity index (χ3v) is 6.21. The largest absolute Gasteiger partial charge is 0.481 e. The molecule has 8 nitrogen and oxygen atoms in total. The van der Waals surface area contributed by atoms with Gasteiger partial charge in [-0.05, 0) is 19.3 Å². The van der Waals surface area contributed by atoms with Gasteiger partial charge < -0.3 is 16.4 Å². The molecule has 0 radical (unpaired) electrons. The molecule has 0 amide bonds. The Kier molecular flexibility index (Phi) is 9.62. The summed E-state index contributed by atoms with van der Waals surface area (Å²) >= 11 is 0. The highest BCUT2D eigenvalue weighted by atomic mass is 32.2. The van der Waals surface area contributed by atoms with E-state index >= 15 is 0 Å². The highest BCUT2D eigenvalue weighted by molar-refractivity contribution is 7.88.